The van der Waals surface area contributed by atoms with Gasteiger partial charge >= 0.3 is 0 Å². The van der Waals surface area contributed by atoms with Gasteiger partial charge in [0.25, 0.3) is 0 Å². The van der Waals surface area contributed by atoms with Gasteiger partial charge in [-0.1, -0.05) is 30.3 Å². The first-order chi connectivity index (χ1) is 14.7. The number of hydrazone groups is 1. The third-order valence-corrected chi connectivity index (χ3v) is 5.33. The largest absolute Gasteiger partial charge is 0.550 e. The van der Waals surface area contributed by atoms with Crippen LogP contribution in [0.4, 0.5) is 5.69 Å². The maximum Gasteiger partial charge on any atom is 0.243 e. The number of rotatable bonds is 8. The summed E-state index contributed by atoms with van der Waals surface area (Å²) in [5.41, 5.74) is 2.49. The molecule has 1 aliphatic rings. The van der Waals surface area contributed by atoms with Crippen LogP contribution in [0.2, 0.25) is 0 Å². The highest BCUT2D eigenvalue weighted by atomic mass is 32.2. The maximum absolute atomic E-state index is 12.7. The fourth-order valence-corrected chi connectivity index (χ4v) is 3.93. The van der Waals surface area contributed by atoms with Gasteiger partial charge in [0, 0.05) is 30.1 Å². The van der Waals surface area contributed by atoms with Gasteiger partial charge in [-0.2, -0.15) is 5.10 Å². The van der Waals surface area contributed by atoms with Gasteiger partial charge in [0.2, 0.25) is 15.9 Å². The number of sulfonamides is 1. The summed E-state index contributed by atoms with van der Waals surface area (Å²) in [6.45, 7) is 0. The van der Waals surface area contributed by atoms with E-state index in [2.05, 4.69) is 9.82 Å². The van der Waals surface area contributed by atoms with Crippen LogP contribution >= 0.6 is 0 Å². The lowest BCUT2D eigenvalue weighted by atomic mass is 9.97. The number of carbonyl (C=O) groups is 2. The lowest BCUT2D eigenvalue weighted by Gasteiger charge is -2.23. The molecule has 0 bridgehead atoms. The van der Waals surface area contributed by atoms with Crippen molar-refractivity contribution in [2.24, 2.45) is 5.10 Å². The molecule has 1 amide bonds. The lowest BCUT2D eigenvalue weighted by Crippen LogP contribution is -2.30. The topological polar surface area (TPSA) is 128 Å². The normalized spacial score (nSPS) is 16.0. The molecule has 0 saturated heterocycles. The lowest BCUT2D eigenvalue weighted by molar-refractivity contribution is -0.305. The molecule has 0 spiro atoms. The van der Waals surface area contributed by atoms with Gasteiger partial charge in [-0.25, -0.2) is 13.4 Å². The van der Waals surface area contributed by atoms with Crippen molar-refractivity contribution in [2.45, 2.75) is 25.3 Å². The molecule has 1 N–H and O–H groups in total. The average molecular weight is 444 g/mol. The molecule has 2 aromatic rings. The van der Waals surface area contributed by atoms with Crippen molar-refractivity contribution in [3.05, 3.63) is 59.7 Å². The van der Waals surface area contributed by atoms with Crippen LogP contribution < -0.4 is 14.6 Å². The molecular formula is C21H22N3O6S-. The van der Waals surface area contributed by atoms with E-state index in [1.807, 2.05) is 18.2 Å². The van der Waals surface area contributed by atoms with Crippen LogP contribution in [0.25, 0.3) is 0 Å². The number of hydrogen-bond acceptors (Lipinski definition) is 7. The third kappa shape index (κ3) is 5.60. The van der Waals surface area contributed by atoms with E-state index in [0.29, 0.717) is 29.1 Å². The van der Waals surface area contributed by atoms with Gasteiger partial charge < -0.3 is 14.6 Å². The number of hydrogen-bond donors (Lipinski definition) is 1. The molecule has 31 heavy (non-hydrogen) atoms. The van der Waals surface area contributed by atoms with E-state index in [9.17, 15) is 23.1 Å². The summed E-state index contributed by atoms with van der Waals surface area (Å²) in [5.74, 6) is -1.15. The number of benzene rings is 2. The number of nitrogens with one attached hydrogen (secondary N) is 1. The molecule has 1 heterocycles. The molecule has 0 unspecified atom stereocenters. The zero-order valence-electron chi connectivity index (χ0n) is 17.1. The van der Waals surface area contributed by atoms with Crippen molar-refractivity contribution >= 4 is 33.3 Å². The Balaban J connectivity index is 1.91. The highest BCUT2D eigenvalue weighted by Gasteiger charge is 2.34. The summed E-state index contributed by atoms with van der Waals surface area (Å²) >= 11 is 0. The Morgan fingerprint density at radius 2 is 1.84 bits per heavy atom. The Kier molecular flexibility index (Phi) is 6.59. The molecular weight excluding hydrogens is 422 g/mol. The Bertz CT molecular complexity index is 1110. The number of aliphatic carboxylic acids is 1. The Hall–Kier alpha value is -3.40. The molecule has 0 saturated carbocycles. The van der Waals surface area contributed by atoms with Crippen molar-refractivity contribution in [3.8, 4) is 5.75 Å². The quantitative estimate of drug-likeness (QED) is 0.653. The smallest absolute Gasteiger partial charge is 0.243 e. The molecule has 0 aliphatic carbocycles. The number of anilines is 1. The number of amides is 1. The molecule has 0 fully saturated rings. The first kappa shape index (κ1) is 22.3. The molecule has 164 valence electrons. The second kappa shape index (κ2) is 9.17. The number of nitrogens with zero attached hydrogens (tertiary/aromatic N) is 2. The fourth-order valence-electron chi connectivity index (χ4n) is 3.37. The summed E-state index contributed by atoms with van der Waals surface area (Å²) in [5, 5.41) is 16.6. The number of methoxy groups -OCH3 is 1. The van der Waals surface area contributed by atoms with Gasteiger partial charge in [-0.15, -0.1) is 0 Å². The minimum Gasteiger partial charge on any atom is -0.550 e. The molecule has 9 nitrogen and oxygen atoms in total. The van der Waals surface area contributed by atoms with E-state index in [-0.39, 0.29) is 6.42 Å². The molecule has 0 radical (unpaired) electrons. The van der Waals surface area contributed by atoms with Crippen LogP contribution in [0, 0.1) is 0 Å². The summed E-state index contributed by atoms with van der Waals surface area (Å²) in [6, 6.07) is 13.4. The SMILES string of the molecule is COc1ccccc1[C@H]1CC(c2ccc(NS(C)(=O)=O)cc2)=NN1C(=O)CCC(=O)[O-]. The van der Waals surface area contributed by atoms with Gasteiger partial charge in [0.1, 0.15) is 5.75 Å². The fraction of sp³-hybridized carbons (Fsp3) is 0.286. The zero-order chi connectivity index (χ0) is 22.6. The second-order valence-corrected chi connectivity index (χ2v) is 8.82. The van der Waals surface area contributed by atoms with E-state index >= 15 is 0 Å². The highest BCUT2D eigenvalue weighted by molar-refractivity contribution is 7.92. The minimum atomic E-state index is -3.40. The summed E-state index contributed by atoms with van der Waals surface area (Å²) in [7, 11) is -1.86. The first-order valence-corrected chi connectivity index (χ1v) is 11.4. The summed E-state index contributed by atoms with van der Waals surface area (Å²) in [4.78, 5) is 23.5. The predicted octanol–water partition coefficient (Wildman–Crippen LogP) is 1.27. The number of carboxylic acids is 1. The van der Waals surface area contributed by atoms with Crippen LogP contribution in [0.1, 0.15) is 36.4 Å². The van der Waals surface area contributed by atoms with E-state index in [1.165, 1.54) is 12.1 Å². The van der Waals surface area contributed by atoms with Gasteiger partial charge in [-0.05, 0) is 30.2 Å². The molecule has 3 rings (SSSR count). The molecule has 0 aromatic heterocycles. The molecule has 10 heteroatoms. The Labute approximate surface area is 180 Å². The van der Waals surface area contributed by atoms with Crippen molar-refractivity contribution < 1.29 is 27.9 Å². The highest BCUT2D eigenvalue weighted by Crippen LogP contribution is 2.37. The van der Waals surface area contributed by atoms with Crippen LogP contribution in [0.5, 0.6) is 5.75 Å². The predicted molar refractivity (Wildman–Crippen MR) is 113 cm³/mol. The number of carboxylic acid groups (broad SMARTS) is 1. The first-order valence-electron chi connectivity index (χ1n) is 9.48. The minimum absolute atomic E-state index is 0.234. The van der Waals surface area contributed by atoms with E-state index in [1.54, 1.807) is 30.3 Å². The third-order valence-electron chi connectivity index (χ3n) is 4.73. The summed E-state index contributed by atoms with van der Waals surface area (Å²) in [6.07, 6.45) is 0.818. The van der Waals surface area contributed by atoms with Crippen LogP contribution in [0.15, 0.2) is 53.6 Å². The molecule has 2 aromatic carbocycles. The van der Waals surface area contributed by atoms with Crippen LogP contribution in [-0.2, 0) is 19.6 Å². The molecule has 1 atom stereocenters. The summed E-state index contributed by atoms with van der Waals surface area (Å²) < 4.78 is 30.6. The van der Waals surface area contributed by atoms with Crippen molar-refractivity contribution in [2.75, 3.05) is 18.1 Å². The van der Waals surface area contributed by atoms with E-state index in [4.69, 9.17) is 4.74 Å². The average Bonchev–Trinajstić information content (AvgIpc) is 3.16. The van der Waals surface area contributed by atoms with Crippen molar-refractivity contribution in [1.29, 1.82) is 0 Å². The maximum atomic E-state index is 12.7. The number of ether oxygens (including phenoxy) is 1. The second-order valence-electron chi connectivity index (χ2n) is 7.07. The monoisotopic (exact) mass is 444 g/mol. The van der Waals surface area contributed by atoms with E-state index < -0.39 is 34.4 Å². The molecule has 1 aliphatic heterocycles. The van der Waals surface area contributed by atoms with Gasteiger partial charge in [-0.3, -0.25) is 9.52 Å². The standard InChI is InChI=1S/C21H23N3O6S/c1-30-19-6-4-3-5-16(19)18-13-17(22-24(18)20(25)11-12-21(26)27)14-7-9-15(10-8-14)23-31(2,28)29/h3-10,18,23H,11-13H2,1-2H3,(H,26,27)/p-1/t18-/m1/s1. The van der Waals surface area contributed by atoms with Crippen LogP contribution in [0.3, 0.4) is 0 Å². The van der Waals surface area contributed by atoms with Crippen molar-refractivity contribution in [3.63, 3.8) is 0 Å². The number of para-hydroxylation sites is 1. The Morgan fingerprint density at radius 1 is 1.16 bits per heavy atom. The van der Waals surface area contributed by atoms with Crippen molar-refractivity contribution in [1.82, 2.24) is 5.01 Å². The number of carbonyl (C=O) groups excluding carboxylic acids is 2. The van der Waals surface area contributed by atoms with Gasteiger partial charge in [0.05, 0.1) is 25.1 Å². The zero-order valence-corrected chi connectivity index (χ0v) is 17.9. The van der Waals surface area contributed by atoms with Crippen LogP contribution in [-0.4, -0.2) is 44.4 Å². The van der Waals surface area contributed by atoms with E-state index in [0.717, 1.165) is 11.8 Å². The Morgan fingerprint density at radius 3 is 2.45 bits per heavy atom. The van der Waals surface area contributed by atoms with Gasteiger partial charge in [0.15, 0.2) is 0 Å².